The van der Waals surface area contributed by atoms with Crippen LogP contribution in [-0.2, 0) is 22.5 Å². The molecule has 0 unspecified atom stereocenters. The van der Waals surface area contributed by atoms with E-state index in [4.69, 9.17) is 4.74 Å². The van der Waals surface area contributed by atoms with E-state index in [0.29, 0.717) is 16.1 Å². The minimum Gasteiger partial charge on any atom is -0.465 e. The van der Waals surface area contributed by atoms with Crippen LogP contribution in [0.2, 0.25) is 0 Å². The molecule has 1 amide bonds. The summed E-state index contributed by atoms with van der Waals surface area (Å²) < 4.78 is 4.85. The number of esters is 1. The second kappa shape index (κ2) is 8.96. The third-order valence-electron chi connectivity index (χ3n) is 4.97. The molecule has 0 aliphatic carbocycles. The van der Waals surface area contributed by atoms with Gasteiger partial charge < -0.3 is 10.1 Å². The van der Waals surface area contributed by atoms with Crippen molar-refractivity contribution >= 4 is 45.9 Å². The molecule has 0 saturated heterocycles. The highest BCUT2D eigenvalue weighted by Crippen LogP contribution is 2.36. The van der Waals surface area contributed by atoms with E-state index in [2.05, 4.69) is 21.7 Å². The zero-order valence-corrected chi connectivity index (χ0v) is 18.3. The molecular weight excluding hydrogens is 438 g/mol. The third kappa shape index (κ3) is 4.66. The predicted molar refractivity (Wildman–Crippen MR) is 120 cm³/mol. The van der Waals surface area contributed by atoms with E-state index in [0.717, 1.165) is 30.8 Å². The van der Waals surface area contributed by atoms with Crippen molar-refractivity contribution in [2.75, 3.05) is 25.5 Å². The molecule has 160 valence electrons. The van der Waals surface area contributed by atoms with Crippen molar-refractivity contribution in [3.05, 3.63) is 67.2 Å². The fraction of sp³-hybridized carbons (Fsp3) is 0.238. The molecule has 0 radical (unpaired) electrons. The third-order valence-corrected chi connectivity index (χ3v) is 7.16. The summed E-state index contributed by atoms with van der Waals surface area (Å²) in [6.45, 7) is 1.73. The van der Waals surface area contributed by atoms with Crippen molar-refractivity contribution in [2.24, 2.45) is 0 Å². The molecule has 1 aliphatic rings. The number of amides is 1. The number of rotatable bonds is 6. The number of anilines is 1. The number of fused-ring (bicyclic) bond motifs is 1. The van der Waals surface area contributed by atoms with Crippen molar-refractivity contribution in [3.63, 3.8) is 0 Å². The van der Waals surface area contributed by atoms with E-state index in [1.807, 2.05) is 0 Å². The molecule has 10 heteroatoms. The first-order valence-corrected chi connectivity index (χ1v) is 11.2. The van der Waals surface area contributed by atoms with Gasteiger partial charge in [-0.2, -0.15) is 0 Å². The van der Waals surface area contributed by atoms with Crippen molar-refractivity contribution < 1.29 is 19.2 Å². The number of carbonyl (C=O) groups excluding carboxylic acids is 2. The Bertz CT molecular complexity index is 1150. The van der Waals surface area contributed by atoms with Crippen molar-refractivity contribution in [2.45, 2.75) is 13.0 Å². The van der Waals surface area contributed by atoms with Crippen molar-refractivity contribution in [1.29, 1.82) is 0 Å². The van der Waals surface area contributed by atoms with E-state index >= 15 is 0 Å². The lowest BCUT2D eigenvalue weighted by atomic mass is 10.1. The summed E-state index contributed by atoms with van der Waals surface area (Å²) in [5, 5.41) is 16.0. The van der Waals surface area contributed by atoms with Crippen LogP contribution >= 0.6 is 22.7 Å². The Morgan fingerprint density at radius 3 is 2.90 bits per heavy atom. The zero-order valence-electron chi connectivity index (χ0n) is 16.6. The Balaban J connectivity index is 1.53. The van der Waals surface area contributed by atoms with Crippen LogP contribution in [0.1, 0.15) is 20.1 Å². The van der Waals surface area contributed by atoms with Gasteiger partial charge in [-0.15, -0.1) is 22.7 Å². The summed E-state index contributed by atoms with van der Waals surface area (Å²) >= 11 is 2.86. The van der Waals surface area contributed by atoms with Crippen molar-refractivity contribution in [3.8, 4) is 10.4 Å². The number of thiophene rings is 2. The van der Waals surface area contributed by atoms with Gasteiger partial charge >= 0.3 is 5.97 Å². The Morgan fingerprint density at radius 1 is 1.29 bits per heavy atom. The topological polar surface area (TPSA) is 102 Å². The number of ether oxygens (including phenoxy) is 1. The van der Waals surface area contributed by atoms with Crippen LogP contribution in [0.15, 0.2) is 41.8 Å². The average Bonchev–Trinajstić information content (AvgIpc) is 3.40. The lowest BCUT2D eigenvalue weighted by Crippen LogP contribution is -2.36. The molecule has 1 aromatic carbocycles. The molecule has 0 bridgehead atoms. The number of nitro benzene ring substituents is 1. The monoisotopic (exact) mass is 457 g/mol. The Kier molecular flexibility index (Phi) is 6.12. The summed E-state index contributed by atoms with van der Waals surface area (Å²) in [6.07, 6.45) is 0.920. The van der Waals surface area contributed by atoms with Gasteiger partial charge in [-0.3, -0.25) is 19.8 Å². The quantitative estimate of drug-likeness (QED) is 0.339. The van der Waals surface area contributed by atoms with E-state index in [9.17, 15) is 19.7 Å². The fourth-order valence-electron chi connectivity index (χ4n) is 3.48. The number of benzene rings is 1. The van der Waals surface area contributed by atoms with Gasteiger partial charge in [0.15, 0.2) is 0 Å². The number of nitro groups is 1. The smallest absolute Gasteiger partial charge is 0.350 e. The Morgan fingerprint density at radius 2 is 2.13 bits per heavy atom. The highest BCUT2D eigenvalue weighted by molar-refractivity contribution is 7.18. The number of hydrogen-bond donors (Lipinski definition) is 1. The minimum absolute atomic E-state index is 0.0472. The normalized spacial score (nSPS) is 13.5. The van der Waals surface area contributed by atoms with Crippen LogP contribution in [0.25, 0.3) is 10.4 Å². The molecule has 0 spiro atoms. The lowest BCUT2D eigenvalue weighted by molar-refractivity contribution is -0.384. The largest absolute Gasteiger partial charge is 0.465 e. The van der Waals surface area contributed by atoms with Crippen molar-refractivity contribution in [1.82, 2.24) is 4.90 Å². The summed E-state index contributed by atoms with van der Waals surface area (Å²) in [6, 6.07) is 9.88. The Hall–Kier alpha value is -3.08. The fourth-order valence-corrected chi connectivity index (χ4v) is 5.40. The first-order chi connectivity index (χ1) is 14.9. The maximum Gasteiger partial charge on any atom is 0.350 e. The van der Waals surface area contributed by atoms with E-state index in [1.165, 1.54) is 29.7 Å². The molecule has 4 rings (SSSR count). The van der Waals surface area contributed by atoms with Crippen LogP contribution in [0.4, 0.5) is 11.4 Å². The molecule has 31 heavy (non-hydrogen) atoms. The number of methoxy groups -OCH3 is 1. The molecule has 2 aromatic heterocycles. The molecule has 1 N–H and O–H groups in total. The molecule has 8 nitrogen and oxygen atoms in total. The number of non-ortho nitro benzene ring substituents is 1. The van der Waals surface area contributed by atoms with Crippen LogP contribution < -0.4 is 5.32 Å². The summed E-state index contributed by atoms with van der Waals surface area (Å²) in [4.78, 5) is 39.9. The highest BCUT2D eigenvalue weighted by atomic mass is 32.1. The summed E-state index contributed by atoms with van der Waals surface area (Å²) in [5.74, 6) is -0.801. The zero-order chi connectivity index (χ0) is 22.0. The molecule has 0 fully saturated rings. The van der Waals surface area contributed by atoms with Crippen LogP contribution in [0, 0.1) is 10.1 Å². The number of hydrogen-bond acceptors (Lipinski definition) is 8. The summed E-state index contributed by atoms with van der Waals surface area (Å²) in [7, 11) is 1.27. The highest BCUT2D eigenvalue weighted by Gasteiger charge is 2.23. The molecule has 1 aliphatic heterocycles. The minimum atomic E-state index is -0.571. The maximum absolute atomic E-state index is 12.7. The van der Waals surface area contributed by atoms with Gasteiger partial charge in [0.05, 0.1) is 24.3 Å². The molecule has 0 atom stereocenters. The number of carbonyl (C=O) groups is 2. The van der Waals surface area contributed by atoms with Gasteiger partial charge in [0, 0.05) is 35.0 Å². The summed E-state index contributed by atoms with van der Waals surface area (Å²) in [5.41, 5.74) is 2.14. The number of nitrogens with one attached hydrogen (secondary N) is 1. The first kappa shape index (κ1) is 21.2. The van der Waals surface area contributed by atoms with Gasteiger partial charge in [-0.1, -0.05) is 12.1 Å². The van der Waals surface area contributed by atoms with Gasteiger partial charge in [0.25, 0.3) is 5.69 Å². The van der Waals surface area contributed by atoms with E-state index in [-0.39, 0.29) is 23.0 Å². The lowest BCUT2D eigenvalue weighted by Gasteiger charge is -2.26. The second-order valence-electron chi connectivity index (χ2n) is 7.03. The van der Waals surface area contributed by atoms with E-state index < -0.39 is 10.9 Å². The predicted octanol–water partition coefficient (Wildman–Crippen LogP) is 4.17. The van der Waals surface area contributed by atoms with Gasteiger partial charge in [0.2, 0.25) is 5.91 Å². The van der Waals surface area contributed by atoms with Crippen LogP contribution in [0.5, 0.6) is 0 Å². The van der Waals surface area contributed by atoms with Gasteiger partial charge in [-0.25, -0.2) is 4.79 Å². The number of nitrogens with zero attached hydrogens (tertiary/aromatic N) is 2. The standard InChI is InChI=1S/C21H19N3O5S2/c1-29-21(26)20-16(10-18(31-20)13-3-2-4-15(9-13)24(27)28)22-19(25)12-23-7-5-17-14(11-23)6-8-30-17/h2-4,6,8-10H,5,7,11-12H2,1H3,(H,22,25). The Labute approximate surface area is 186 Å². The van der Waals surface area contributed by atoms with E-state index in [1.54, 1.807) is 29.5 Å². The average molecular weight is 458 g/mol. The molecular formula is C21H19N3O5S2. The van der Waals surface area contributed by atoms with Crippen LogP contribution in [0.3, 0.4) is 0 Å². The molecule has 3 aromatic rings. The SMILES string of the molecule is COC(=O)c1sc(-c2cccc([N+](=O)[O-])c2)cc1NC(=O)CN1CCc2sccc2C1. The van der Waals surface area contributed by atoms with Gasteiger partial charge in [-0.05, 0) is 35.1 Å². The van der Waals surface area contributed by atoms with Crippen LogP contribution in [-0.4, -0.2) is 41.9 Å². The molecule has 3 heterocycles. The maximum atomic E-state index is 12.7. The first-order valence-electron chi connectivity index (χ1n) is 9.49. The second-order valence-corrected chi connectivity index (χ2v) is 9.08. The van der Waals surface area contributed by atoms with Gasteiger partial charge in [0.1, 0.15) is 4.88 Å². The molecule has 0 saturated carbocycles.